The van der Waals surface area contributed by atoms with Crippen molar-refractivity contribution in [3.63, 3.8) is 0 Å². The van der Waals surface area contributed by atoms with Gasteiger partial charge in [0.25, 0.3) is 0 Å². The third kappa shape index (κ3) is 4.75. The van der Waals surface area contributed by atoms with Gasteiger partial charge in [0.1, 0.15) is 5.76 Å². The molecule has 0 spiro atoms. The van der Waals surface area contributed by atoms with Crippen molar-refractivity contribution in [3.05, 3.63) is 94.4 Å². The van der Waals surface area contributed by atoms with Crippen molar-refractivity contribution >= 4 is 11.6 Å². The molecule has 0 aliphatic rings. The molecule has 3 heteroatoms. The molecule has 0 amide bonds. The van der Waals surface area contributed by atoms with E-state index in [1.807, 2.05) is 18.2 Å². The molecular weight excluding hydrogens is 330 g/mol. The first-order chi connectivity index (χ1) is 12.1. The van der Waals surface area contributed by atoms with Crippen LogP contribution >= 0.6 is 11.6 Å². The Balaban J connectivity index is 1.65. The average molecular weight is 354 g/mol. The zero-order valence-corrected chi connectivity index (χ0v) is 15.5. The van der Waals surface area contributed by atoms with Crippen molar-refractivity contribution in [1.29, 1.82) is 0 Å². The van der Waals surface area contributed by atoms with Crippen molar-refractivity contribution in [2.75, 3.05) is 6.54 Å². The van der Waals surface area contributed by atoms with E-state index >= 15 is 0 Å². The van der Waals surface area contributed by atoms with Gasteiger partial charge in [-0.2, -0.15) is 0 Å². The summed E-state index contributed by atoms with van der Waals surface area (Å²) >= 11 is 5.97. The van der Waals surface area contributed by atoms with E-state index in [9.17, 15) is 0 Å². The summed E-state index contributed by atoms with van der Waals surface area (Å²) in [6, 6.07) is 21.1. The molecule has 1 N–H and O–H groups in total. The summed E-state index contributed by atoms with van der Waals surface area (Å²) in [5.74, 6) is 1.28. The average Bonchev–Trinajstić information content (AvgIpc) is 3.14. The van der Waals surface area contributed by atoms with Crippen molar-refractivity contribution in [3.8, 4) is 0 Å². The van der Waals surface area contributed by atoms with Crippen LogP contribution in [-0.4, -0.2) is 6.54 Å². The highest BCUT2D eigenvalue weighted by molar-refractivity contribution is 6.30. The smallest absolute Gasteiger partial charge is 0.111 e. The van der Waals surface area contributed by atoms with Crippen LogP contribution in [0.5, 0.6) is 0 Å². The Morgan fingerprint density at radius 1 is 0.960 bits per heavy atom. The molecule has 0 unspecified atom stereocenters. The highest BCUT2D eigenvalue weighted by Crippen LogP contribution is 2.28. The quantitative estimate of drug-likeness (QED) is 0.554. The van der Waals surface area contributed by atoms with Gasteiger partial charge in [0.05, 0.1) is 6.26 Å². The number of nitrogens with one attached hydrogen (secondary N) is 1. The Morgan fingerprint density at radius 3 is 2.28 bits per heavy atom. The molecule has 25 heavy (non-hydrogen) atoms. The standard InChI is InChI=1S/C22H24ClNO/c1-16-5-7-19(8-6-16)21(22-4-3-15-25-22)13-14-24-17(2)18-9-11-20(23)12-10-18/h3-12,15,17,21,24H,13-14H2,1-2H3/t17-,21-/m0/s1. The van der Waals surface area contributed by atoms with Gasteiger partial charge in [-0.05, 0) is 62.2 Å². The Hall–Kier alpha value is -2.03. The van der Waals surface area contributed by atoms with Crippen LogP contribution < -0.4 is 5.32 Å². The Kier molecular flexibility index (Phi) is 5.95. The fourth-order valence-corrected chi connectivity index (χ4v) is 3.20. The minimum atomic E-state index is 0.264. The molecule has 2 aromatic carbocycles. The maximum atomic E-state index is 5.97. The predicted octanol–water partition coefficient (Wildman–Crippen LogP) is 6.11. The highest BCUT2D eigenvalue weighted by Gasteiger charge is 2.17. The van der Waals surface area contributed by atoms with Gasteiger partial charge in [-0.1, -0.05) is 53.6 Å². The third-order valence-electron chi connectivity index (χ3n) is 4.62. The molecule has 0 aliphatic carbocycles. The minimum absolute atomic E-state index is 0.264. The van der Waals surface area contributed by atoms with E-state index in [2.05, 4.69) is 61.6 Å². The number of hydrogen-bond donors (Lipinski definition) is 1. The van der Waals surface area contributed by atoms with Crippen molar-refractivity contribution in [1.82, 2.24) is 5.32 Å². The molecule has 3 rings (SSSR count). The molecule has 0 bridgehead atoms. The van der Waals surface area contributed by atoms with Crippen molar-refractivity contribution in [2.45, 2.75) is 32.2 Å². The van der Waals surface area contributed by atoms with Gasteiger partial charge >= 0.3 is 0 Å². The van der Waals surface area contributed by atoms with Crippen molar-refractivity contribution in [2.24, 2.45) is 0 Å². The number of furan rings is 1. The maximum Gasteiger partial charge on any atom is 0.111 e. The molecule has 0 radical (unpaired) electrons. The van der Waals surface area contributed by atoms with E-state index in [0.717, 1.165) is 23.7 Å². The van der Waals surface area contributed by atoms with E-state index in [1.165, 1.54) is 16.7 Å². The molecule has 2 atom stereocenters. The summed E-state index contributed by atoms with van der Waals surface area (Å²) in [5.41, 5.74) is 3.81. The highest BCUT2D eigenvalue weighted by atomic mass is 35.5. The number of rotatable bonds is 7. The molecule has 0 fully saturated rings. The van der Waals surface area contributed by atoms with Crippen LogP contribution in [0.3, 0.4) is 0 Å². The van der Waals surface area contributed by atoms with Gasteiger partial charge in [0, 0.05) is 17.0 Å². The third-order valence-corrected chi connectivity index (χ3v) is 4.87. The van der Waals surface area contributed by atoms with Crippen LogP contribution in [-0.2, 0) is 0 Å². The minimum Gasteiger partial charge on any atom is -0.469 e. The number of halogens is 1. The summed E-state index contributed by atoms with van der Waals surface area (Å²) in [6.07, 6.45) is 2.73. The topological polar surface area (TPSA) is 25.2 Å². The Morgan fingerprint density at radius 2 is 1.64 bits per heavy atom. The maximum absolute atomic E-state index is 5.97. The molecule has 1 heterocycles. The van der Waals surface area contributed by atoms with Crippen LogP contribution in [0.4, 0.5) is 0 Å². The SMILES string of the molecule is Cc1ccc([C@H](CCN[C@@H](C)c2ccc(Cl)cc2)c2ccco2)cc1. The molecule has 3 aromatic rings. The fraction of sp³-hybridized carbons (Fsp3) is 0.273. The number of hydrogen-bond acceptors (Lipinski definition) is 2. The number of benzene rings is 2. The van der Waals surface area contributed by atoms with Gasteiger partial charge < -0.3 is 9.73 Å². The molecule has 2 nitrogen and oxygen atoms in total. The first kappa shape index (κ1) is 17.8. The van der Waals surface area contributed by atoms with E-state index in [4.69, 9.17) is 16.0 Å². The molecule has 0 aliphatic heterocycles. The molecular formula is C22H24ClNO. The van der Waals surface area contributed by atoms with Crippen molar-refractivity contribution < 1.29 is 4.42 Å². The number of aryl methyl sites for hydroxylation is 1. The van der Waals surface area contributed by atoms with E-state index in [0.29, 0.717) is 0 Å². The van der Waals surface area contributed by atoms with Gasteiger partial charge in [-0.3, -0.25) is 0 Å². The van der Waals surface area contributed by atoms with Crippen LogP contribution in [0.15, 0.2) is 71.3 Å². The zero-order chi connectivity index (χ0) is 17.6. The van der Waals surface area contributed by atoms with Gasteiger partial charge in [0.2, 0.25) is 0 Å². The fourth-order valence-electron chi connectivity index (χ4n) is 3.07. The first-order valence-corrected chi connectivity index (χ1v) is 9.10. The lowest BCUT2D eigenvalue weighted by Gasteiger charge is -2.19. The van der Waals surface area contributed by atoms with Gasteiger partial charge in [0.15, 0.2) is 0 Å². The summed E-state index contributed by atoms with van der Waals surface area (Å²) in [7, 11) is 0. The molecule has 1 aromatic heterocycles. The largest absolute Gasteiger partial charge is 0.469 e. The summed E-state index contributed by atoms with van der Waals surface area (Å²) < 4.78 is 5.69. The second-order valence-corrected chi connectivity index (χ2v) is 6.93. The second-order valence-electron chi connectivity index (χ2n) is 6.49. The Bertz CT molecular complexity index is 763. The summed E-state index contributed by atoms with van der Waals surface area (Å²) in [5, 5.41) is 4.38. The molecule has 0 saturated heterocycles. The lowest BCUT2D eigenvalue weighted by atomic mass is 9.92. The van der Waals surface area contributed by atoms with E-state index < -0.39 is 0 Å². The second kappa shape index (κ2) is 8.37. The van der Waals surface area contributed by atoms with E-state index in [1.54, 1.807) is 6.26 Å². The monoisotopic (exact) mass is 353 g/mol. The predicted molar refractivity (Wildman–Crippen MR) is 104 cm³/mol. The van der Waals surface area contributed by atoms with Gasteiger partial charge in [-0.15, -0.1) is 0 Å². The van der Waals surface area contributed by atoms with Crippen LogP contribution in [0.1, 0.15) is 47.8 Å². The normalized spacial score (nSPS) is 13.6. The zero-order valence-electron chi connectivity index (χ0n) is 14.7. The van der Waals surface area contributed by atoms with Crippen LogP contribution in [0.25, 0.3) is 0 Å². The summed E-state index contributed by atoms with van der Waals surface area (Å²) in [6.45, 7) is 5.20. The van der Waals surface area contributed by atoms with Crippen LogP contribution in [0.2, 0.25) is 5.02 Å². The lowest BCUT2D eigenvalue weighted by Crippen LogP contribution is -2.21. The van der Waals surface area contributed by atoms with E-state index in [-0.39, 0.29) is 12.0 Å². The van der Waals surface area contributed by atoms with Gasteiger partial charge in [-0.25, -0.2) is 0 Å². The summed E-state index contributed by atoms with van der Waals surface area (Å²) in [4.78, 5) is 0. The molecule has 0 saturated carbocycles. The van der Waals surface area contributed by atoms with Crippen LogP contribution in [0, 0.1) is 6.92 Å². The Labute approximate surface area is 154 Å². The lowest BCUT2D eigenvalue weighted by molar-refractivity contribution is 0.457. The molecule has 130 valence electrons. The first-order valence-electron chi connectivity index (χ1n) is 8.72.